The Morgan fingerprint density at radius 1 is 0.964 bits per heavy atom. The van der Waals surface area contributed by atoms with Crippen molar-refractivity contribution in [3.8, 4) is 0 Å². The maximum Gasteiger partial charge on any atom is 0.228 e. The molecule has 0 aliphatic heterocycles. The van der Waals surface area contributed by atoms with Gasteiger partial charge in [0.25, 0.3) is 0 Å². The van der Waals surface area contributed by atoms with Crippen LogP contribution in [0.1, 0.15) is 50.8 Å². The highest BCUT2D eigenvalue weighted by Gasteiger charge is 2.48. The van der Waals surface area contributed by atoms with Gasteiger partial charge in [-0.05, 0) is 47.9 Å². The van der Waals surface area contributed by atoms with Gasteiger partial charge in [-0.15, -0.1) is 0 Å². The summed E-state index contributed by atoms with van der Waals surface area (Å²) in [6, 6.07) is 13.9. The van der Waals surface area contributed by atoms with E-state index in [1.807, 2.05) is 49.4 Å². The summed E-state index contributed by atoms with van der Waals surface area (Å²) in [7, 11) is 0. The highest BCUT2D eigenvalue weighted by Crippen LogP contribution is 2.41. The van der Waals surface area contributed by atoms with Crippen molar-refractivity contribution in [2.45, 2.75) is 52.9 Å². The second-order valence-corrected chi connectivity index (χ2v) is 8.69. The molecule has 2 N–H and O–H groups in total. The molecule has 2 atom stereocenters. The Balaban J connectivity index is 1.66. The lowest BCUT2D eigenvalue weighted by Crippen LogP contribution is -2.23. The fraction of sp³-hybridized carbons (Fsp3) is 0.417. The number of rotatable bonds is 5. The molecule has 4 nitrogen and oxygen atoms in total. The number of carbonyl (C=O) groups is 2. The van der Waals surface area contributed by atoms with Crippen molar-refractivity contribution in [1.82, 2.24) is 0 Å². The first-order valence-electron chi connectivity index (χ1n) is 10.0. The van der Waals surface area contributed by atoms with Gasteiger partial charge in [0, 0.05) is 11.4 Å². The molecule has 1 fully saturated rings. The van der Waals surface area contributed by atoms with E-state index in [1.165, 1.54) is 0 Å². The molecule has 0 spiro atoms. The zero-order chi connectivity index (χ0) is 20.5. The van der Waals surface area contributed by atoms with Crippen molar-refractivity contribution >= 4 is 23.2 Å². The van der Waals surface area contributed by atoms with Gasteiger partial charge in [-0.3, -0.25) is 9.59 Å². The summed E-state index contributed by atoms with van der Waals surface area (Å²) in [6.45, 7) is 10.4. The lowest BCUT2D eigenvalue weighted by molar-refractivity contribution is -0.122. The molecule has 28 heavy (non-hydrogen) atoms. The standard InChI is InChI=1S/C24H30N2O2/c1-6-16-11-9-10-15(2)21(16)26-23(28)18-14-17(18)22(27)25-20-13-8-7-12-19(20)24(3,4)5/h7-13,17-18H,6,14H2,1-5H3,(H,25,27)(H,26,28). The minimum atomic E-state index is -0.262. The van der Waals surface area contributed by atoms with Gasteiger partial charge >= 0.3 is 0 Å². The number of nitrogens with one attached hydrogen (secondary N) is 2. The molecule has 1 aliphatic rings. The van der Waals surface area contributed by atoms with Crippen LogP contribution in [0.15, 0.2) is 42.5 Å². The molecule has 0 aromatic heterocycles. The van der Waals surface area contributed by atoms with Crippen LogP contribution < -0.4 is 10.6 Å². The Hall–Kier alpha value is -2.62. The summed E-state index contributed by atoms with van der Waals surface area (Å²) < 4.78 is 0. The molecule has 0 heterocycles. The van der Waals surface area contributed by atoms with E-state index in [2.05, 4.69) is 38.3 Å². The third-order valence-corrected chi connectivity index (χ3v) is 5.45. The first kappa shape index (κ1) is 20.1. The highest BCUT2D eigenvalue weighted by atomic mass is 16.2. The topological polar surface area (TPSA) is 58.2 Å². The highest BCUT2D eigenvalue weighted by molar-refractivity contribution is 6.04. The van der Waals surface area contributed by atoms with Crippen LogP contribution in [0, 0.1) is 18.8 Å². The molecule has 0 radical (unpaired) electrons. The van der Waals surface area contributed by atoms with Crippen LogP contribution in [0.2, 0.25) is 0 Å². The van der Waals surface area contributed by atoms with E-state index in [9.17, 15) is 9.59 Å². The molecule has 1 saturated carbocycles. The molecule has 0 saturated heterocycles. The molecule has 1 aliphatic carbocycles. The van der Waals surface area contributed by atoms with Gasteiger partial charge < -0.3 is 10.6 Å². The quantitative estimate of drug-likeness (QED) is 0.763. The van der Waals surface area contributed by atoms with Crippen molar-refractivity contribution < 1.29 is 9.59 Å². The molecule has 2 aromatic rings. The number of hydrogen-bond acceptors (Lipinski definition) is 2. The van der Waals surface area contributed by atoms with Gasteiger partial charge in [-0.2, -0.15) is 0 Å². The molecular formula is C24H30N2O2. The largest absolute Gasteiger partial charge is 0.326 e. The Labute approximate surface area is 167 Å². The Bertz CT molecular complexity index is 896. The number of anilines is 2. The third kappa shape index (κ3) is 4.27. The average Bonchev–Trinajstić information content (AvgIpc) is 3.44. The fourth-order valence-corrected chi connectivity index (χ4v) is 3.66. The fourth-order valence-electron chi connectivity index (χ4n) is 3.66. The average molecular weight is 379 g/mol. The van der Waals surface area contributed by atoms with Gasteiger partial charge in [0.1, 0.15) is 0 Å². The van der Waals surface area contributed by atoms with Gasteiger partial charge in [-0.1, -0.05) is 64.1 Å². The lowest BCUT2D eigenvalue weighted by atomic mass is 9.86. The van der Waals surface area contributed by atoms with E-state index in [0.29, 0.717) is 6.42 Å². The van der Waals surface area contributed by atoms with Crippen LogP contribution in [-0.2, 0) is 21.4 Å². The molecule has 4 heteroatoms. The van der Waals surface area contributed by atoms with Gasteiger partial charge in [0.2, 0.25) is 11.8 Å². The van der Waals surface area contributed by atoms with Gasteiger partial charge in [0.05, 0.1) is 11.8 Å². The van der Waals surface area contributed by atoms with E-state index in [-0.39, 0.29) is 29.1 Å². The van der Waals surface area contributed by atoms with Crippen LogP contribution in [-0.4, -0.2) is 11.8 Å². The Kier molecular flexibility index (Phi) is 5.59. The first-order valence-corrected chi connectivity index (χ1v) is 10.0. The smallest absolute Gasteiger partial charge is 0.228 e. The van der Waals surface area contributed by atoms with Crippen LogP contribution in [0.4, 0.5) is 11.4 Å². The summed E-state index contributed by atoms with van der Waals surface area (Å²) >= 11 is 0. The van der Waals surface area contributed by atoms with Crippen molar-refractivity contribution in [3.05, 3.63) is 59.2 Å². The molecule has 0 bridgehead atoms. The second kappa shape index (κ2) is 7.78. The third-order valence-electron chi connectivity index (χ3n) is 5.45. The lowest BCUT2D eigenvalue weighted by Gasteiger charge is -2.23. The summed E-state index contributed by atoms with van der Waals surface area (Å²) in [5.74, 6) is -0.654. The maximum absolute atomic E-state index is 12.7. The molecule has 3 rings (SSSR count). The monoisotopic (exact) mass is 378 g/mol. The SMILES string of the molecule is CCc1cccc(C)c1NC(=O)C1CC1C(=O)Nc1ccccc1C(C)(C)C. The van der Waals surface area contributed by atoms with Crippen LogP contribution >= 0.6 is 0 Å². The zero-order valence-electron chi connectivity index (χ0n) is 17.4. The van der Waals surface area contributed by atoms with Crippen LogP contribution in [0.3, 0.4) is 0 Å². The van der Waals surface area contributed by atoms with Crippen LogP contribution in [0.5, 0.6) is 0 Å². The number of para-hydroxylation sites is 2. The van der Waals surface area contributed by atoms with Gasteiger partial charge in [0.15, 0.2) is 0 Å². The predicted molar refractivity (Wildman–Crippen MR) is 115 cm³/mol. The molecule has 2 unspecified atom stereocenters. The Morgan fingerprint density at radius 3 is 2.25 bits per heavy atom. The number of amides is 2. The van der Waals surface area contributed by atoms with E-state index in [1.54, 1.807) is 0 Å². The summed E-state index contributed by atoms with van der Waals surface area (Å²) in [5.41, 5.74) is 4.92. The summed E-state index contributed by atoms with van der Waals surface area (Å²) in [5, 5.41) is 6.10. The maximum atomic E-state index is 12.7. The van der Waals surface area contributed by atoms with E-state index in [0.717, 1.165) is 34.5 Å². The number of aryl methyl sites for hydroxylation is 2. The number of benzene rings is 2. The molecule has 148 valence electrons. The normalized spacial score (nSPS) is 18.5. The van der Waals surface area contributed by atoms with E-state index in [4.69, 9.17) is 0 Å². The molecule has 2 aromatic carbocycles. The Morgan fingerprint density at radius 2 is 1.61 bits per heavy atom. The van der Waals surface area contributed by atoms with Crippen LogP contribution in [0.25, 0.3) is 0 Å². The van der Waals surface area contributed by atoms with E-state index < -0.39 is 0 Å². The minimum Gasteiger partial charge on any atom is -0.326 e. The molecular weight excluding hydrogens is 348 g/mol. The predicted octanol–water partition coefficient (Wildman–Crippen LogP) is 5.07. The van der Waals surface area contributed by atoms with E-state index >= 15 is 0 Å². The number of hydrogen-bond donors (Lipinski definition) is 2. The summed E-state index contributed by atoms with van der Waals surface area (Å²) in [6.07, 6.45) is 1.46. The first-order chi connectivity index (χ1) is 13.2. The van der Waals surface area contributed by atoms with Gasteiger partial charge in [-0.25, -0.2) is 0 Å². The number of carbonyl (C=O) groups excluding carboxylic acids is 2. The minimum absolute atomic E-state index is 0.0618. The van der Waals surface area contributed by atoms with Crippen molar-refractivity contribution in [3.63, 3.8) is 0 Å². The zero-order valence-corrected chi connectivity index (χ0v) is 17.4. The molecule has 2 amide bonds. The van der Waals surface area contributed by atoms with Crippen molar-refractivity contribution in [1.29, 1.82) is 0 Å². The van der Waals surface area contributed by atoms with Crippen molar-refractivity contribution in [2.75, 3.05) is 10.6 Å². The summed E-state index contributed by atoms with van der Waals surface area (Å²) in [4.78, 5) is 25.4. The van der Waals surface area contributed by atoms with Crippen molar-refractivity contribution in [2.24, 2.45) is 11.8 Å². The second-order valence-electron chi connectivity index (χ2n) is 8.69.